The van der Waals surface area contributed by atoms with Crippen LogP contribution in [0, 0.1) is 13.8 Å². The number of benzene rings is 2. The summed E-state index contributed by atoms with van der Waals surface area (Å²) in [5.41, 5.74) is 2.83. The lowest BCUT2D eigenvalue weighted by atomic mass is 9.95. The van der Waals surface area contributed by atoms with Crippen LogP contribution in [0.1, 0.15) is 54.0 Å². The van der Waals surface area contributed by atoms with Gasteiger partial charge in [-0.1, -0.05) is 26.0 Å². The van der Waals surface area contributed by atoms with E-state index in [9.17, 15) is 14.7 Å². The van der Waals surface area contributed by atoms with Crippen LogP contribution in [0.25, 0.3) is 5.76 Å². The van der Waals surface area contributed by atoms with Crippen LogP contribution in [-0.4, -0.2) is 23.9 Å². The molecule has 6 heteroatoms. The van der Waals surface area contributed by atoms with E-state index in [1.54, 1.807) is 50.4 Å². The maximum atomic E-state index is 13.2. The maximum absolute atomic E-state index is 13.2. The maximum Gasteiger partial charge on any atom is 0.300 e. The lowest BCUT2D eigenvalue weighted by Gasteiger charge is -2.24. The molecule has 1 saturated heterocycles. The number of anilines is 1. The molecule has 1 atom stereocenters. The minimum absolute atomic E-state index is 0.00395. The molecule has 6 nitrogen and oxygen atoms in total. The van der Waals surface area contributed by atoms with Gasteiger partial charge in [-0.05, 0) is 73.4 Å². The van der Waals surface area contributed by atoms with Gasteiger partial charge >= 0.3 is 0 Å². The highest BCUT2D eigenvalue weighted by atomic mass is 16.5. The average Bonchev–Trinajstić information content (AvgIpc) is 3.33. The van der Waals surface area contributed by atoms with Gasteiger partial charge in [0.15, 0.2) is 0 Å². The fraction of sp³-hybridized carbons (Fsp3) is 0.259. The third kappa shape index (κ3) is 3.93. The summed E-state index contributed by atoms with van der Waals surface area (Å²) in [6.07, 6.45) is 0. The smallest absolute Gasteiger partial charge is 0.300 e. The quantitative estimate of drug-likeness (QED) is 0.312. The fourth-order valence-corrected chi connectivity index (χ4v) is 4.23. The van der Waals surface area contributed by atoms with E-state index in [1.807, 2.05) is 39.0 Å². The minimum Gasteiger partial charge on any atom is -0.507 e. The van der Waals surface area contributed by atoms with Gasteiger partial charge in [-0.15, -0.1) is 0 Å². The second-order valence-electron chi connectivity index (χ2n) is 8.57. The Morgan fingerprint density at radius 1 is 1.06 bits per heavy atom. The first-order valence-electron chi connectivity index (χ1n) is 10.8. The first-order valence-corrected chi connectivity index (χ1v) is 10.8. The molecule has 1 aliphatic rings. The molecule has 1 aromatic heterocycles. The summed E-state index contributed by atoms with van der Waals surface area (Å²) >= 11 is 0. The van der Waals surface area contributed by atoms with Crippen LogP contribution >= 0.6 is 0 Å². The van der Waals surface area contributed by atoms with Gasteiger partial charge in [0, 0.05) is 11.3 Å². The molecule has 0 saturated carbocycles. The molecule has 0 aliphatic carbocycles. The summed E-state index contributed by atoms with van der Waals surface area (Å²) in [4.78, 5) is 27.8. The Hall–Kier alpha value is -3.80. The van der Waals surface area contributed by atoms with E-state index in [4.69, 9.17) is 9.15 Å². The summed E-state index contributed by atoms with van der Waals surface area (Å²) in [5, 5.41) is 11.3. The van der Waals surface area contributed by atoms with Crippen LogP contribution < -0.4 is 9.64 Å². The summed E-state index contributed by atoms with van der Waals surface area (Å²) < 4.78 is 11.3. The third-order valence-electron chi connectivity index (χ3n) is 5.88. The van der Waals surface area contributed by atoms with E-state index < -0.39 is 17.7 Å². The minimum atomic E-state index is -0.884. The topological polar surface area (TPSA) is 80.0 Å². The zero-order valence-electron chi connectivity index (χ0n) is 19.4. The van der Waals surface area contributed by atoms with Crippen LogP contribution in [-0.2, 0) is 9.59 Å². The largest absolute Gasteiger partial charge is 0.507 e. The van der Waals surface area contributed by atoms with E-state index in [0.717, 1.165) is 11.1 Å². The van der Waals surface area contributed by atoms with Gasteiger partial charge in [0.1, 0.15) is 29.1 Å². The number of ether oxygens (including phenoxy) is 1. The summed E-state index contributed by atoms with van der Waals surface area (Å²) in [6, 6.07) is 15.2. The number of nitrogens with zero attached hydrogens (tertiary/aromatic N) is 1. The van der Waals surface area contributed by atoms with Crippen LogP contribution in [0.3, 0.4) is 0 Å². The van der Waals surface area contributed by atoms with Crippen molar-refractivity contribution in [3.05, 3.63) is 88.4 Å². The van der Waals surface area contributed by atoms with E-state index in [2.05, 4.69) is 0 Å². The Balaban J connectivity index is 1.94. The van der Waals surface area contributed by atoms with Gasteiger partial charge in [0.2, 0.25) is 0 Å². The number of methoxy groups -OCH3 is 1. The number of furan rings is 1. The van der Waals surface area contributed by atoms with Crippen molar-refractivity contribution in [3.63, 3.8) is 0 Å². The molecule has 170 valence electrons. The fourth-order valence-electron chi connectivity index (χ4n) is 4.23. The number of aliphatic hydroxyl groups is 1. The zero-order valence-corrected chi connectivity index (χ0v) is 19.4. The predicted octanol–water partition coefficient (Wildman–Crippen LogP) is 5.65. The Morgan fingerprint density at radius 2 is 1.82 bits per heavy atom. The highest BCUT2D eigenvalue weighted by molar-refractivity contribution is 6.51. The summed E-state index contributed by atoms with van der Waals surface area (Å²) in [5.74, 6) is 0.172. The van der Waals surface area contributed by atoms with Crippen molar-refractivity contribution in [2.24, 2.45) is 0 Å². The van der Waals surface area contributed by atoms with Crippen LogP contribution in [0.5, 0.6) is 5.75 Å². The predicted molar refractivity (Wildman–Crippen MR) is 126 cm³/mol. The standard InChI is InChI=1S/C27H27NO5/c1-15(2)20-14-18(10-12-21(20)32-5)25(29)23-24(22-11-9-17(4)33-22)28(27(31)26(23)30)19-8-6-7-16(3)13-19/h6-15,24,29H,1-5H3/b25-23-. The van der Waals surface area contributed by atoms with Gasteiger partial charge in [-0.2, -0.15) is 0 Å². The van der Waals surface area contributed by atoms with Crippen molar-refractivity contribution in [3.8, 4) is 5.75 Å². The van der Waals surface area contributed by atoms with Gasteiger partial charge in [0.25, 0.3) is 11.7 Å². The number of carbonyl (C=O) groups excluding carboxylic acids is 2. The monoisotopic (exact) mass is 445 g/mol. The van der Waals surface area contributed by atoms with Crippen LogP contribution in [0.15, 0.2) is 64.6 Å². The van der Waals surface area contributed by atoms with Crippen molar-refractivity contribution in [1.29, 1.82) is 0 Å². The van der Waals surface area contributed by atoms with E-state index in [0.29, 0.717) is 28.5 Å². The Bertz CT molecular complexity index is 1270. The van der Waals surface area contributed by atoms with E-state index in [-0.39, 0.29) is 17.3 Å². The number of hydrogen-bond donors (Lipinski definition) is 1. The summed E-state index contributed by atoms with van der Waals surface area (Å²) in [6.45, 7) is 7.74. The van der Waals surface area contributed by atoms with Crippen molar-refractivity contribution >= 4 is 23.1 Å². The average molecular weight is 446 g/mol. The molecule has 0 bridgehead atoms. The first-order chi connectivity index (χ1) is 15.7. The molecule has 4 rings (SSSR count). The normalized spacial score (nSPS) is 17.8. The van der Waals surface area contributed by atoms with Crippen LogP contribution in [0.4, 0.5) is 5.69 Å². The molecule has 1 N–H and O–H groups in total. The van der Waals surface area contributed by atoms with Crippen molar-refractivity contribution in [2.75, 3.05) is 12.0 Å². The lowest BCUT2D eigenvalue weighted by molar-refractivity contribution is -0.132. The molecular formula is C27H27NO5. The van der Waals surface area contributed by atoms with Crippen molar-refractivity contribution in [1.82, 2.24) is 0 Å². The Kier molecular flexibility index (Phi) is 5.85. The van der Waals surface area contributed by atoms with Gasteiger partial charge in [-0.25, -0.2) is 0 Å². The number of aliphatic hydroxyl groups excluding tert-OH is 1. The molecule has 2 aromatic carbocycles. The number of hydrogen-bond acceptors (Lipinski definition) is 5. The van der Waals surface area contributed by atoms with Gasteiger partial charge in [-0.3, -0.25) is 14.5 Å². The van der Waals surface area contributed by atoms with Crippen molar-refractivity contribution in [2.45, 2.75) is 39.7 Å². The molecule has 2 heterocycles. The first kappa shape index (κ1) is 22.4. The second kappa shape index (κ2) is 8.62. The SMILES string of the molecule is COc1ccc(/C(O)=C2/C(=O)C(=O)N(c3cccc(C)c3)C2c2ccc(C)o2)cc1C(C)C. The molecule has 0 spiro atoms. The number of amides is 1. The molecule has 0 radical (unpaired) electrons. The van der Waals surface area contributed by atoms with Gasteiger partial charge < -0.3 is 14.3 Å². The number of Topliss-reactive ketones (excluding diaryl/α,β-unsaturated/α-hetero) is 1. The van der Waals surface area contributed by atoms with E-state index >= 15 is 0 Å². The number of ketones is 1. The molecule has 1 amide bonds. The molecule has 1 aliphatic heterocycles. The number of rotatable bonds is 5. The lowest BCUT2D eigenvalue weighted by Crippen LogP contribution is -2.29. The Labute approximate surface area is 193 Å². The Morgan fingerprint density at radius 3 is 2.42 bits per heavy atom. The van der Waals surface area contributed by atoms with Crippen LogP contribution in [0.2, 0.25) is 0 Å². The zero-order chi connectivity index (χ0) is 23.9. The summed E-state index contributed by atoms with van der Waals surface area (Å²) in [7, 11) is 1.59. The molecule has 3 aromatic rings. The number of carbonyl (C=O) groups is 2. The third-order valence-corrected chi connectivity index (χ3v) is 5.88. The molecule has 1 fully saturated rings. The molecule has 33 heavy (non-hydrogen) atoms. The van der Waals surface area contributed by atoms with Crippen molar-refractivity contribution < 1.29 is 23.8 Å². The highest BCUT2D eigenvalue weighted by Crippen LogP contribution is 2.43. The number of aryl methyl sites for hydroxylation is 2. The van der Waals surface area contributed by atoms with Gasteiger partial charge in [0.05, 0.1) is 12.7 Å². The molecule has 1 unspecified atom stereocenters. The highest BCUT2D eigenvalue weighted by Gasteiger charge is 2.48. The second-order valence-corrected chi connectivity index (χ2v) is 8.57. The molecular weight excluding hydrogens is 418 g/mol. The van der Waals surface area contributed by atoms with E-state index in [1.165, 1.54) is 4.90 Å².